The number of carbonyl (C=O) groups excluding carboxylic acids is 6. The van der Waals surface area contributed by atoms with Crippen LogP contribution >= 0.6 is 20.6 Å². The second-order valence-corrected chi connectivity index (χ2v) is 16.2. The fourth-order valence-corrected chi connectivity index (χ4v) is 11.3. The molecule has 2 saturated heterocycles. The maximum absolute atomic E-state index is 14.0. The Morgan fingerprint density at radius 1 is 0.756 bits per heavy atom. The van der Waals surface area contributed by atoms with E-state index >= 15 is 0 Å². The van der Waals surface area contributed by atoms with Crippen molar-refractivity contribution in [3.8, 4) is 0 Å². The molecule has 4 bridgehead atoms. The van der Waals surface area contributed by atoms with E-state index in [4.69, 9.17) is 25.1 Å². The van der Waals surface area contributed by atoms with Gasteiger partial charge in [-0.05, 0) is 0 Å². The first-order valence-corrected chi connectivity index (χ1v) is 17.6. The molecule has 10 atom stereocenters. The van der Waals surface area contributed by atoms with Crippen LogP contribution in [0.3, 0.4) is 0 Å². The zero-order chi connectivity index (χ0) is 32.0. The van der Waals surface area contributed by atoms with Crippen LogP contribution in [-0.4, -0.2) is 60.2 Å². The number of hydrogen-bond acceptors (Lipinski definition) is 12. The fourth-order valence-electron chi connectivity index (χ4n) is 8.20. The molecule has 10 unspecified atom stereocenters. The van der Waals surface area contributed by atoms with Gasteiger partial charge in [-0.2, -0.15) is 0 Å². The van der Waals surface area contributed by atoms with Gasteiger partial charge in [0.2, 0.25) is 0 Å². The molecule has 2 aliphatic heterocycles. The van der Waals surface area contributed by atoms with Crippen LogP contribution in [0.25, 0.3) is 0 Å². The molecule has 0 spiro atoms. The zero-order valence-corrected chi connectivity index (χ0v) is 26.7. The predicted octanol–water partition coefficient (Wildman–Crippen LogP) is 3.16. The first kappa shape index (κ1) is 29.9. The monoisotopic (exact) mass is 734 g/mol. The minimum absolute atomic E-state index is 0.0681. The molecular formula is C32H31IO12. The third kappa shape index (κ3) is 4.21. The van der Waals surface area contributed by atoms with Gasteiger partial charge < -0.3 is 0 Å². The van der Waals surface area contributed by atoms with Crippen LogP contribution < -0.4 is 0 Å². The average Bonchev–Trinajstić information content (AvgIpc) is 3.80. The molecule has 0 N–H and O–H groups in total. The number of rotatable bonds is 9. The summed E-state index contributed by atoms with van der Waals surface area (Å²) in [4.78, 5) is 78.9. The number of halogens is 1. The summed E-state index contributed by atoms with van der Waals surface area (Å²) in [5.74, 6) is -6.12. The molecule has 12 nitrogen and oxygen atoms in total. The second-order valence-electron chi connectivity index (χ2n) is 12.8. The van der Waals surface area contributed by atoms with E-state index in [0.717, 1.165) is 0 Å². The van der Waals surface area contributed by atoms with Crippen molar-refractivity contribution in [3.63, 3.8) is 0 Å². The molecule has 0 amide bonds. The Bertz CT molecular complexity index is 1470. The molecule has 2 heterocycles. The number of carbonyl (C=O) groups is 6. The summed E-state index contributed by atoms with van der Waals surface area (Å²) < 4.78 is 34.8. The number of benzene rings is 1. The molecule has 1 aromatic rings. The summed E-state index contributed by atoms with van der Waals surface area (Å²) in [5.41, 5.74) is -2.80. The normalized spacial score (nSPS) is 37.9. The van der Waals surface area contributed by atoms with Crippen LogP contribution in [0, 0.1) is 38.1 Å². The van der Waals surface area contributed by atoms with Crippen molar-refractivity contribution in [1.82, 2.24) is 0 Å². The van der Waals surface area contributed by atoms with Crippen molar-refractivity contribution in [2.24, 2.45) is 34.5 Å². The van der Waals surface area contributed by atoms with Crippen LogP contribution in [0.5, 0.6) is 0 Å². The minimum atomic E-state index is -3.65. The van der Waals surface area contributed by atoms with Crippen molar-refractivity contribution in [3.05, 3.63) is 58.2 Å². The van der Waals surface area contributed by atoms with Crippen LogP contribution in [0.2, 0.25) is 0 Å². The van der Waals surface area contributed by atoms with Crippen LogP contribution in [-0.2, 0) is 53.8 Å². The van der Waals surface area contributed by atoms with Gasteiger partial charge in [-0.25, -0.2) is 0 Å². The molecule has 0 radical (unpaired) electrons. The third-order valence-electron chi connectivity index (χ3n) is 10.2. The van der Waals surface area contributed by atoms with E-state index in [0.29, 0.717) is 16.4 Å². The SMILES string of the molecule is C=C(C)C(=O)OC1C2CC3C1OC(=O)C3(C(=O)OI(OC(=O)C13CC4CC1C(OC3=O)C4OC(=O)C(=C)C)c1ccccc1)C2. The summed E-state index contributed by atoms with van der Waals surface area (Å²) in [6.45, 7) is 10.2. The number of fused-ring (bicyclic) bond motifs is 2. The number of ether oxygens (including phenoxy) is 4. The van der Waals surface area contributed by atoms with E-state index in [1.165, 1.54) is 13.8 Å². The molecule has 4 saturated carbocycles. The van der Waals surface area contributed by atoms with Crippen LogP contribution in [0.1, 0.15) is 39.5 Å². The van der Waals surface area contributed by atoms with Crippen molar-refractivity contribution in [2.75, 3.05) is 0 Å². The summed E-state index contributed by atoms with van der Waals surface area (Å²) in [5, 5.41) is 0. The van der Waals surface area contributed by atoms with E-state index in [2.05, 4.69) is 13.2 Å². The average molecular weight is 734 g/mol. The van der Waals surface area contributed by atoms with Gasteiger partial charge in [-0.3, -0.25) is 0 Å². The Morgan fingerprint density at radius 2 is 1.18 bits per heavy atom. The maximum atomic E-state index is 14.0. The van der Waals surface area contributed by atoms with Crippen LogP contribution in [0.4, 0.5) is 0 Å². The predicted molar refractivity (Wildman–Crippen MR) is 158 cm³/mol. The van der Waals surface area contributed by atoms with Gasteiger partial charge in [0.05, 0.1) is 0 Å². The Hall–Kier alpha value is -3.75. The van der Waals surface area contributed by atoms with Gasteiger partial charge in [-0.15, -0.1) is 0 Å². The van der Waals surface area contributed by atoms with Gasteiger partial charge in [0.15, 0.2) is 0 Å². The zero-order valence-electron chi connectivity index (χ0n) is 24.5. The van der Waals surface area contributed by atoms with Gasteiger partial charge in [0.25, 0.3) is 0 Å². The summed E-state index contributed by atoms with van der Waals surface area (Å²) in [6.07, 6.45) is -1.98. The van der Waals surface area contributed by atoms with Crippen molar-refractivity contribution in [1.29, 1.82) is 0 Å². The number of esters is 4. The van der Waals surface area contributed by atoms with Gasteiger partial charge in [-0.1, -0.05) is 0 Å². The molecule has 13 heteroatoms. The van der Waals surface area contributed by atoms with Gasteiger partial charge >= 0.3 is 267 Å². The Kier molecular flexibility index (Phi) is 6.91. The molecule has 6 fully saturated rings. The quantitative estimate of drug-likeness (QED) is 0.120. The van der Waals surface area contributed by atoms with E-state index in [9.17, 15) is 28.8 Å². The molecule has 238 valence electrons. The molecule has 4 aliphatic carbocycles. The summed E-state index contributed by atoms with van der Waals surface area (Å²) >= 11 is -3.65. The Labute approximate surface area is 266 Å². The van der Waals surface area contributed by atoms with Crippen molar-refractivity contribution < 1.29 is 53.8 Å². The standard InChI is InChI=1S/C32H31IO12/c1-14(2)25(34)40-21-16-10-19-23(21)42-27(36)31(19,12-16)29(38)44-33(18-8-6-5-7-9-18)45-30(39)32-13-17-11-20(32)24(43-28(32)37)22(17)41-26(35)15(3)4/h5-9,16-17,19-24H,1,3,10-13H2,2,4H3. The number of hydrogen-bond donors (Lipinski definition) is 0. The Balaban J connectivity index is 1.11. The molecular weight excluding hydrogens is 703 g/mol. The first-order chi connectivity index (χ1) is 21.4. The summed E-state index contributed by atoms with van der Waals surface area (Å²) in [6, 6.07) is 8.48. The fraction of sp³-hybridized carbons (Fsp3) is 0.500. The third-order valence-corrected chi connectivity index (χ3v) is 13.6. The molecule has 1 aromatic carbocycles. The molecule has 7 rings (SSSR count). The molecule has 6 aliphatic rings. The first-order valence-electron chi connectivity index (χ1n) is 14.7. The van der Waals surface area contributed by atoms with Gasteiger partial charge in [0.1, 0.15) is 0 Å². The van der Waals surface area contributed by atoms with E-state index in [-0.39, 0.29) is 35.8 Å². The molecule has 0 aromatic heterocycles. The topological polar surface area (TPSA) is 158 Å². The molecule has 45 heavy (non-hydrogen) atoms. The van der Waals surface area contributed by atoms with E-state index in [1.54, 1.807) is 30.3 Å². The van der Waals surface area contributed by atoms with Crippen molar-refractivity contribution in [2.45, 2.75) is 63.9 Å². The van der Waals surface area contributed by atoms with Crippen molar-refractivity contribution >= 4 is 56.5 Å². The Morgan fingerprint density at radius 3 is 1.58 bits per heavy atom. The van der Waals surface area contributed by atoms with Gasteiger partial charge in [0, 0.05) is 0 Å². The van der Waals surface area contributed by atoms with E-state index < -0.39 is 104 Å². The summed E-state index contributed by atoms with van der Waals surface area (Å²) in [7, 11) is 0. The van der Waals surface area contributed by atoms with Crippen LogP contribution in [0.15, 0.2) is 54.6 Å². The van der Waals surface area contributed by atoms with E-state index in [1.807, 2.05) is 0 Å². The second kappa shape index (κ2) is 10.4.